The highest BCUT2D eigenvalue weighted by atomic mass is 16.7. The summed E-state index contributed by atoms with van der Waals surface area (Å²) < 4.78 is 44.3. The molecular weight excluding hydrogens is 352 g/mol. The molecule has 0 aromatic heterocycles. The van der Waals surface area contributed by atoms with E-state index in [4.69, 9.17) is 18.3 Å². The fourth-order valence-electron chi connectivity index (χ4n) is 6.29. The van der Waals surface area contributed by atoms with E-state index in [0.29, 0.717) is 11.3 Å². The Morgan fingerprint density at radius 2 is 2.11 bits per heavy atom. The smallest absolute Gasteiger partial charge is 0.157 e. The fourth-order valence-corrected chi connectivity index (χ4v) is 6.29. The normalized spacial score (nSPS) is 48.4. The van der Waals surface area contributed by atoms with E-state index in [0.717, 1.165) is 57.1 Å². The van der Waals surface area contributed by atoms with Gasteiger partial charge in [0.25, 0.3) is 0 Å². The largest absolute Gasteiger partial charge is 0.497 e. The second kappa shape index (κ2) is 7.30. The lowest BCUT2D eigenvalue weighted by Gasteiger charge is -2.51. The first-order chi connectivity index (χ1) is 14.7. The number of hydrogen-bond acceptors (Lipinski definition) is 4. The van der Waals surface area contributed by atoms with Crippen molar-refractivity contribution in [2.75, 3.05) is 13.7 Å². The Bertz CT molecular complexity index is 838. The first-order valence-electron chi connectivity index (χ1n) is 12.4. The van der Waals surface area contributed by atoms with Crippen LogP contribution in [0.4, 0.5) is 0 Å². The summed E-state index contributed by atoms with van der Waals surface area (Å²) >= 11 is 0. The molecule has 1 saturated heterocycles. The molecule has 154 valence electrons. The Kier molecular flexibility index (Phi) is 4.09. The van der Waals surface area contributed by atoms with Gasteiger partial charge in [-0.15, -0.1) is 0 Å². The molecule has 0 amide bonds. The van der Waals surface area contributed by atoms with Crippen LogP contribution in [-0.2, 0) is 9.47 Å². The van der Waals surface area contributed by atoms with E-state index in [1.54, 1.807) is 13.2 Å². The van der Waals surface area contributed by atoms with Crippen molar-refractivity contribution in [2.24, 2.45) is 17.3 Å². The zero-order valence-electron chi connectivity index (χ0n) is 19.9. The standard InChI is InChI=1S/C24H34O4/c1-24-11-10-17-16-7-6-15(26-2)13-19(16)21(25)14-18(17)20(24)8-9-22(24)28-23-5-3-4-12-27-23/h6-7,13,17-18,20-23,25H,3-5,8-12,14H2,1-2H3/t17-,18-,20+,21?,22+,23?,24+/m1/s1/i14D2,21D. The Morgan fingerprint density at radius 1 is 1.21 bits per heavy atom. The monoisotopic (exact) mass is 389 g/mol. The SMILES string of the molecule is [2H]C1(O)c2cc(OC)ccc2[C@H]2CC[C@]3(C)[C@@H](OC4CCCCO4)CC[C@H]3[C@@H]2C1([2H])[2H]. The van der Waals surface area contributed by atoms with E-state index in [1.165, 1.54) is 0 Å². The van der Waals surface area contributed by atoms with Gasteiger partial charge in [-0.3, -0.25) is 0 Å². The molecule has 0 radical (unpaired) electrons. The van der Waals surface area contributed by atoms with Gasteiger partial charge >= 0.3 is 0 Å². The molecule has 2 unspecified atom stereocenters. The van der Waals surface area contributed by atoms with Crippen LogP contribution in [0.25, 0.3) is 0 Å². The number of rotatable bonds is 3. The summed E-state index contributed by atoms with van der Waals surface area (Å²) in [6.07, 6.45) is 2.14. The second-order valence-corrected chi connectivity index (χ2v) is 9.23. The number of aliphatic hydroxyl groups is 1. The third kappa shape index (κ3) is 3.00. The molecule has 4 aliphatic rings. The van der Waals surface area contributed by atoms with E-state index >= 15 is 0 Å². The summed E-state index contributed by atoms with van der Waals surface area (Å²) in [4.78, 5) is 0. The number of fused-ring (bicyclic) bond motifs is 5. The molecule has 1 heterocycles. The predicted octanol–water partition coefficient (Wildman–Crippen LogP) is 4.95. The van der Waals surface area contributed by atoms with E-state index in [2.05, 4.69) is 6.92 Å². The van der Waals surface area contributed by atoms with Crippen LogP contribution in [0.2, 0.25) is 0 Å². The quantitative estimate of drug-likeness (QED) is 0.794. The maximum Gasteiger partial charge on any atom is 0.157 e. The second-order valence-electron chi connectivity index (χ2n) is 9.23. The lowest BCUT2D eigenvalue weighted by Crippen LogP contribution is -2.46. The molecule has 1 N–H and O–H groups in total. The average molecular weight is 390 g/mol. The van der Waals surface area contributed by atoms with Crippen molar-refractivity contribution in [1.29, 1.82) is 0 Å². The van der Waals surface area contributed by atoms with Gasteiger partial charge in [0.2, 0.25) is 0 Å². The molecule has 1 aromatic rings. The van der Waals surface area contributed by atoms with Gasteiger partial charge in [0, 0.05) is 9.35 Å². The van der Waals surface area contributed by atoms with Crippen molar-refractivity contribution in [2.45, 2.75) is 82.6 Å². The first-order valence-corrected chi connectivity index (χ1v) is 10.9. The molecule has 2 saturated carbocycles. The minimum absolute atomic E-state index is 0.00992. The molecule has 3 aliphatic carbocycles. The maximum atomic E-state index is 11.2. The van der Waals surface area contributed by atoms with Gasteiger partial charge in [-0.2, -0.15) is 0 Å². The average Bonchev–Trinajstić information content (AvgIpc) is 3.08. The number of hydrogen-bond donors (Lipinski definition) is 1. The molecule has 4 nitrogen and oxygen atoms in total. The van der Waals surface area contributed by atoms with Gasteiger partial charge < -0.3 is 19.3 Å². The van der Waals surface area contributed by atoms with Crippen molar-refractivity contribution in [3.63, 3.8) is 0 Å². The number of benzene rings is 1. The Hall–Kier alpha value is -1.10. The molecule has 7 atom stereocenters. The Morgan fingerprint density at radius 3 is 2.89 bits per heavy atom. The number of methoxy groups -OCH3 is 1. The molecule has 28 heavy (non-hydrogen) atoms. The summed E-state index contributed by atoms with van der Waals surface area (Å²) in [7, 11) is 1.55. The number of ether oxygens (including phenoxy) is 3. The summed E-state index contributed by atoms with van der Waals surface area (Å²) in [6, 6.07) is 5.44. The zero-order chi connectivity index (χ0) is 22.0. The van der Waals surface area contributed by atoms with E-state index in [-0.39, 0.29) is 29.6 Å². The highest BCUT2D eigenvalue weighted by molar-refractivity contribution is 5.42. The molecule has 3 fully saturated rings. The lowest BCUT2D eigenvalue weighted by atomic mass is 9.55. The van der Waals surface area contributed by atoms with Crippen LogP contribution in [0.5, 0.6) is 5.75 Å². The summed E-state index contributed by atoms with van der Waals surface area (Å²) in [5.41, 5.74) is 1.08. The van der Waals surface area contributed by atoms with Crippen molar-refractivity contribution < 1.29 is 23.4 Å². The van der Waals surface area contributed by atoms with Crippen LogP contribution in [0.1, 0.15) is 85.5 Å². The third-order valence-electron chi connectivity index (χ3n) is 7.86. The Labute approximate surface area is 172 Å². The van der Waals surface area contributed by atoms with Crippen molar-refractivity contribution in [3.8, 4) is 5.75 Å². The van der Waals surface area contributed by atoms with Crippen LogP contribution in [0.15, 0.2) is 18.2 Å². The summed E-state index contributed by atoms with van der Waals surface area (Å²) in [5.74, 6) is 0.169. The molecular formula is C24H34O4. The van der Waals surface area contributed by atoms with E-state index in [1.807, 2.05) is 12.1 Å². The topological polar surface area (TPSA) is 47.9 Å². The summed E-state index contributed by atoms with van der Waals surface area (Å²) in [6.45, 7) is 2.98. The van der Waals surface area contributed by atoms with E-state index < -0.39 is 18.4 Å². The van der Waals surface area contributed by atoms with Crippen LogP contribution in [0, 0.1) is 17.3 Å². The molecule has 4 heteroatoms. The molecule has 0 spiro atoms. The third-order valence-corrected chi connectivity index (χ3v) is 7.86. The summed E-state index contributed by atoms with van der Waals surface area (Å²) in [5, 5.41) is 11.2. The van der Waals surface area contributed by atoms with Crippen LogP contribution in [0.3, 0.4) is 0 Å². The first kappa shape index (κ1) is 15.7. The molecule has 0 bridgehead atoms. The van der Waals surface area contributed by atoms with Crippen LogP contribution in [-0.4, -0.2) is 31.2 Å². The lowest BCUT2D eigenvalue weighted by molar-refractivity contribution is -0.213. The van der Waals surface area contributed by atoms with Crippen molar-refractivity contribution in [3.05, 3.63) is 29.3 Å². The van der Waals surface area contributed by atoms with Gasteiger partial charge in [0.15, 0.2) is 6.29 Å². The Balaban J connectivity index is 1.50. The van der Waals surface area contributed by atoms with Gasteiger partial charge in [0.05, 0.1) is 20.7 Å². The highest BCUT2D eigenvalue weighted by Gasteiger charge is 2.56. The van der Waals surface area contributed by atoms with Crippen LogP contribution >= 0.6 is 0 Å². The van der Waals surface area contributed by atoms with Crippen molar-refractivity contribution >= 4 is 0 Å². The minimum atomic E-state index is -2.32. The highest BCUT2D eigenvalue weighted by Crippen LogP contribution is 2.63. The zero-order valence-corrected chi connectivity index (χ0v) is 16.9. The van der Waals surface area contributed by atoms with Crippen molar-refractivity contribution in [1.82, 2.24) is 0 Å². The molecule has 1 aromatic carbocycles. The maximum absolute atomic E-state index is 11.2. The van der Waals surface area contributed by atoms with E-state index in [9.17, 15) is 5.11 Å². The predicted molar refractivity (Wildman–Crippen MR) is 107 cm³/mol. The minimum Gasteiger partial charge on any atom is -0.497 e. The van der Waals surface area contributed by atoms with Crippen LogP contribution < -0.4 is 4.74 Å². The van der Waals surface area contributed by atoms with Gasteiger partial charge in [-0.05, 0) is 97.7 Å². The van der Waals surface area contributed by atoms with Gasteiger partial charge in [0.1, 0.15) is 5.75 Å². The van der Waals surface area contributed by atoms with Gasteiger partial charge in [-0.1, -0.05) is 13.0 Å². The molecule has 1 aliphatic heterocycles. The fraction of sp³-hybridized carbons (Fsp3) is 0.750. The van der Waals surface area contributed by atoms with Gasteiger partial charge in [-0.25, -0.2) is 0 Å². The molecule has 5 rings (SSSR count).